The first-order valence-electron chi connectivity index (χ1n) is 35.7. The molecule has 18 nitrogen and oxygen atoms in total. The van der Waals surface area contributed by atoms with Crippen LogP contribution in [0.4, 0.5) is 35.1 Å². The number of nitrogens with zero attached hydrogens (tertiary/aromatic N) is 7. The number of hydrogen-bond acceptors (Lipinski definition) is 17. The molecule has 0 spiro atoms. The van der Waals surface area contributed by atoms with Crippen molar-refractivity contribution >= 4 is 179 Å². The summed E-state index contributed by atoms with van der Waals surface area (Å²) in [4.78, 5) is 20.4. The van der Waals surface area contributed by atoms with Gasteiger partial charge < -0.3 is 25.1 Å². The van der Waals surface area contributed by atoms with E-state index < -0.39 is 90.8 Å². The number of thiophene rings is 3. The minimum Gasteiger partial charge on any atom is -0.423 e. The molecule has 0 radical (unpaired) electrons. The van der Waals surface area contributed by atoms with Gasteiger partial charge in [0, 0.05) is 132 Å². The van der Waals surface area contributed by atoms with Crippen LogP contribution in [0.5, 0.6) is 0 Å². The Balaban J connectivity index is 0.000000132. The van der Waals surface area contributed by atoms with Crippen molar-refractivity contribution in [3.8, 4) is 55.6 Å². The Kier molecular flexibility index (Phi) is 27.5. The normalized spacial score (nSPS) is 11.4. The van der Waals surface area contributed by atoms with E-state index in [2.05, 4.69) is 47.5 Å². The predicted octanol–water partition coefficient (Wildman–Crippen LogP) is 19.6. The summed E-state index contributed by atoms with van der Waals surface area (Å²) in [7, 11) is -14.9. The van der Waals surface area contributed by atoms with Crippen molar-refractivity contribution in [2.45, 2.75) is 35.5 Å². The summed E-state index contributed by atoms with van der Waals surface area (Å²) in [5.41, 5.74) is 9.63. The third-order valence-electron chi connectivity index (χ3n) is 18.5. The number of pyridine rings is 4. The summed E-state index contributed by atoms with van der Waals surface area (Å²) in [5.74, 6) is -5.92. The summed E-state index contributed by atoms with van der Waals surface area (Å²) >= 11 is 19.0. The van der Waals surface area contributed by atoms with Crippen molar-refractivity contribution in [3.05, 3.63) is 347 Å². The molecule has 0 saturated carbocycles. The van der Waals surface area contributed by atoms with Gasteiger partial charge in [-0.2, -0.15) is 34.0 Å². The third-order valence-corrected chi connectivity index (χ3v) is 27.0. The van der Waals surface area contributed by atoms with Crippen LogP contribution in [0, 0.1) is 70.9 Å². The standard InChI is InChI=1S/C24H16F2N2O2S2.C20H13ClF2N2O2S.C17H10F2N2S.C14H10ClIN2O2S.C6H5BF2O2.C4H5BO2S/c1-15-2-5-18(6-3-15)32(29,30)28-13-21(20-7-4-17(25)12-22(20)26)23-19(8-10-27-24(23)28)16-9-11-31-14-16;1-12-2-5-14(6-3-12)28(26,27)25-11-16(15-7-4-13(22)10-18(15)23)19-17(21)8-9-24-20(19)25;18-11-1-2-13(15(19)7-11)14-8-21-17-16(14)12(3-5-20-17)10-4-6-22-9-10;1-9-2-4-10(5-3-9)21(19,20)18-8-12(16)13-11(15)6-7-17-14(13)18;8-4-1-2-5(7(10)11)6(9)3-4;6-5(7)4-1-2-8-3-4/h2-14H,1H3;2-11H,1H3;1-9H,(H,20,21);2-8H,1H3;1-3,10-11H;1-3,6-7H. The fraction of sp³-hybridized carbons (Fsp3) is 0.0353. The van der Waals surface area contributed by atoms with Gasteiger partial charge in [0.25, 0.3) is 30.1 Å². The molecule has 122 heavy (non-hydrogen) atoms. The van der Waals surface area contributed by atoms with Crippen LogP contribution in [0.15, 0.2) is 285 Å². The lowest BCUT2D eigenvalue weighted by Crippen LogP contribution is -2.32. The molecule has 0 aliphatic rings. The maximum absolute atomic E-state index is 14.8. The van der Waals surface area contributed by atoms with Gasteiger partial charge in [-0.1, -0.05) is 88.4 Å². The van der Waals surface area contributed by atoms with Crippen molar-refractivity contribution in [3.63, 3.8) is 0 Å². The smallest absolute Gasteiger partial charge is 0.423 e. The van der Waals surface area contributed by atoms with Crippen LogP contribution in [0.1, 0.15) is 16.7 Å². The molecule has 0 amide bonds. The Morgan fingerprint density at radius 1 is 0.377 bits per heavy atom. The molecular weight excluding hydrogens is 1860 g/mol. The number of rotatable bonds is 13. The number of benzene rings is 7. The average molecular weight is 1920 g/mol. The SMILES string of the molecule is Cc1ccc(S(=O)(=O)n2cc(-c3ccc(F)cc3F)c3c(-c4ccsc4)ccnc32)cc1.Cc1ccc(S(=O)(=O)n2cc(-c3ccc(F)cc3F)c3c(Cl)ccnc32)cc1.Cc1ccc(S(=O)(=O)n2cc(I)c3c(Cl)ccnc32)cc1.Fc1ccc(-c2c[nH]c3nccc(-c4ccsc4)c23)c(F)c1.OB(O)c1ccc(F)cc1F.OB(O)c1ccsc1. The maximum atomic E-state index is 14.8. The van der Waals surface area contributed by atoms with Gasteiger partial charge in [0.1, 0.15) is 52.2 Å². The second kappa shape index (κ2) is 37.8. The number of nitrogens with one attached hydrogen (secondary N) is 1. The van der Waals surface area contributed by atoms with E-state index in [9.17, 15) is 60.4 Å². The first-order chi connectivity index (χ1) is 58.2. The molecule has 0 aliphatic heterocycles. The minimum absolute atomic E-state index is 0.0270. The first kappa shape index (κ1) is 88.7. The number of aromatic nitrogens is 8. The van der Waals surface area contributed by atoms with E-state index in [-0.39, 0.29) is 58.5 Å². The van der Waals surface area contributed by atoms with E-state index in [1.54, 1.807) is 107 Å². The molecule has 18 rings (SSSR count). The quantitative estimate of drug-likeness (QED) is 0.0408. The zero-order valence-corrected chi connectivity index (χ0v) is 71.7. The molecule has 618 valence electrons. The topological polar surface area (TPSA) is 265 Å². The number of aryl methyl sites for hydroxylation is 3. The largest absolute Gasteiger partial charge is 0.491 e. The second-order valence-corrected chi connectivity index (χ2v) is 36.4. The molecule has 11 aromatic heterocycles. The number of H-pyrrole nitrogens is 1. The molecule has 11 heterocycles. The molecule has 0 atom stereocenters. The highest BCUT2D eigenvalue weighted by atomic mass is 127. The maximum Gasteiger partial charge on any atom is 0.491 e. The van der Waals surface area contributed by atoms with Crippen LogP contribution >= 0.6 is 79.8 Å². The van der Waals surface area contributed by atoms with Crippen LogP contribution in [-0.2, 0) is 30.1 Å². The molecule has 0 fully saturated rings. The van der Waals surface area contributed by atoms with Crippen LogP contribution in [-0.4, -0.2) is 96.4 Å². The van der Waals surface area contributed by atoms with E-state index in [0.29, 0.717) is 60.9 Å². The molecule has 0 unspecified atom stereocenters. The molecular formula is C85H59B2Cl2F8IN8O10S6. The number of hydrogen-bond donors (Lipinski definition) is 5. The highest BCUT2D eigenvalue weighted by Crippen LogP contribution is 2.43. The van der Waals surface area contributed by atoms with Crippen LogP contribution in [0.25, 0.3) is 99.8 Å². The third kappa shape index (κ3) is 19.2. The van der Waals surface area contributed by atoms with Crippen molar-refractivity contribution in [2.24, 2.45) is 0 Å². The van der Waals surface area contributed by atoms with E-state index in [4.69, 9.17) is 43.3 Å². The van der Waals surface area contributed by atoms with E-state index in [0.717, 1.165) is 92.7 Å². The second-order valence-electron chi connectivity index (χ2n) is 26.6. The monoisotopic (exact) mass is 1910 g/mol. The highest BCUT2D eigenvalue weighted by Gasteiger charge is 2.30. The van der Waals surface area contributed by atoms with Gasteiger partial charge >= 0.3 is 14.2 Å². The fourth-order valence-electron chi connectivity index (χ4n) is 12.5. The van der Waals surface area contributed by atoms with Gasteiger partial charge in [0.05, 0.1) is 30.1 Å². The molecule has 0 bridgehead atoms. The Hall–Kier alpha value is -11.0. The Labute approximate surface area is 728 Å². The Morgan fingerprint density at radius 2 is 0.746 bits per heavy atom. The molecule has 18 aromatic rings. The van der Waals surface area contributed by atoms with Crippen LogP contribution < -0.4 is 10.9 Å². The Morgan fingerprint density at radius 3 is 1.15 bits per heavy atom. The summed E-state index contributed by atoms with van der Waals surface area (Å²) in [6.07, 6.45) is 12.0. The number of aromatic amines is 1. The van der Waals surface area contributed by atoms with E-state index >= 15 is 0 Å². The summed E-state index contributed by atoms with van der Waals surface area (Å²) in [5, 5.41) is 48.2. The fourth-order valence-corrected chi connectivity index (χ4v) is 20.1. The lowest BCUT2D eigenvalue weighted by Gasteiger charge is -2.08. The van der Waals surface area contributed by atoms with Crippen molar-refractivity contribution in [1.82, 2.24) is 36.8 Å². The van der Waals surface area contributed by atoms with Gasteiger partial charge in [0.2, 0.25) is 0 Å². The van der Waals surface area contributed by atoms with E-state index in [1.165, 1.54) is 112 Å². The molecule has 37 heteroatoms. The van der Waals surface area contributed by atoms with Gasteiger partial charge in [-0.15, -0.1) is 0 Å². The Bertz CT molecular complexity index is 7230. The lowest BCUT2D eigenvalue weighted by atomic mass is 9.80. The zero-order valence-electron chi connectivity index (χ0n) is 63.1. The van der Waals surface area contributed by atoms with Crippen molar-refractivity contribution in [2.75, 3.05) is 0 Å². The summed E-state index contributed by atoms with van der Waals surface area (Å²) < 4.78 is 191. The highest BCUT2D eigenvalue weighted by molar-refractivity contribution is 14.1. The summed E-state index contributed by atoms with van der Waals surface area (Å²) in [6.45, 7) is 5.62. The molecule has 0 aliphatic carbocycles. The van der Waals surface area contributed by atoms with Gasteiger partial charge in [-0.3, -0.25) is 0 Å². The first-order valence-corrected chi connectivity index (χ1v) is 44.7. The minimum atomic E-state index is -4.02. The van der Waals surface area contributed by atoms with Crippen LogP contribution in [0.2, 0.25) is 10.0 Å². The van der Waals surface area contributed by atoms with Gasteiger partial charge in [0.15, 0.2) is 16.9 Å². The molecule has 5 N–H and O–H groups in total. The summed E-state index contributed by atoms with van der Waals surface area (Å²) in [6, 6.07) is 44.4. The van der Waals surface area contributed by atoms with Gasteiger partial charge in [-0.05, 0) is 219 Å². The van der Waals surface area contributed by atoms with Gasteiger partial charge in [-0.25, -0.2) is 92.2 Å². The lowest BCUT2D eigenvalue weighted by molar-refractivity contribution is 0.422. The van der Waals surface area contributed by atoms with Crippen molar-refractivity contribution < 1.29 is 80.5 Å². The van der Waals surface area contributed by atoms with Crippen molar-refractivity contribution in [1.29, 1.82) is 0 Å². The number of halogens is 11. The van der Waals surface area contributed by atoms with Crippen LogP contribution in [0.3, 0.4) is 0 Å². The molecule has 7 aromatic carbocycles. The molecule has 0 saturated heterocycles. The average Bonchev–Trinajstić information content (AvgIpc) is 1.58. The van der Waals surface area contributed by atoms with E-state index in [1.807, 2.05) is 60.5 Å². The zero-order chi connectivity index (χ0) is 87.2. The predicted molar refractivity (Wildman–Crippen MR) is 472 cm³/mol. The number of fused-ring (bicyclic) bond motifs is 4.